The molecular formula is C6H7Na3O11S. The predicted molar refractivity (Wildman–Crippen MR) is 43.4 cm³/mol. The average Bonchev–Trinajstić information content (AvgIpc) is 1.95. The van der Waals surface area contributed by atoms with Crippen LogP contribution in [-0.4, -0.2) is 46.1 Å². The summed E-state index contributed by atoms with van der Waals surface area (Å²) in [5.74, 6) is -5.98. The quantitative estimate of drug-likeness (QED) is 0.310. The van der Waals surface area contributed by atoms with Crippen molar-refractivity contribution in [3.05, 3.63) is 0 Å². The maximum atomic E-state index is 10.1. The number of carboxylic acids is 3. The van der Waals surface area contributed by atoms with Crippen LogP contribution in [0.15, 0.2) is 0 Å². The van der Waals surface area contributed by atoms with Gasteiger partial charge in [0.25, 0.3) is 0 Å². The zero-order chi connectivity index (χ0) is 15.1. The maximum absolute atomic E-state index is 10.1. The molecule has 0 radical (unpaired) electrons. The summed E-state index contributed by atoms with van der Waals surface area (Å²) in [6, 6.07) is 0. The van der Waals surface area contributed by atoms with Gasteiger partial charge >= 0.3 is 99.1 Å². The molecule has 11 nitrogen and oxygen atoms in total. The van der Waals surface area contributed by atoms with Gasteiger partial charge in [-0.15, -0.1) is 0 Å². The van der Waals surface area contributed by atoms with E-state index in [0.29, 0.717) is 0 Å². The number of hydrogen-bond acceptors (Lipinski definition) is 9. The minimum atomic E-state index is -4.67. The van der Waals surface area contributed by atoms with Crippen LogP contribution in [0.25, 0.3) is 0 Å². The van der Waals surface area contributed by atoms with Gasteiger partial charge < -0.3 is 34.8 Å². The molecule has 0 amide bonds. The summed E-state index contributed by atoms with van der Waals surface area (Å²) in [6.07, 6.45) is -2.72. The Hall–Kier alpha value is 1.24. The van der Waals surface area contributed by atoms with Crippen molar-refractivity contribution in [1.29, 1.82) is 0 Å². The number of aliphatic carboxylic acids is 3. The van der Waals surface area contributed by atoms with Crippen molar-refractivity contribution >= 4 is 28.3 Å². The number of carbonyl (C=O) groups is 3. The van der Waals surface area contributed by atoms with Gasteiger partial charge in [-0.25, -0.2) is 0 Å². The molecule has 0 aliphatic rings. The van der Waals surface area contributed by atoms with Crippen LogP contribution in [0, 0.1) is 0 Å². The molecule has 0 rings (SSSR count). The van der Waals surface area contributed by atoms with Gasteiger partial charge in [0.1, 0.15) is 5.60 Å². The summed E-state index contributed by atoms with van der Waals surface area (Å²) >= 11 is 0. The van der Waals surface area contributed by atoms with E-state index in [9.17, 15) is 29.7 Å². The van der Waals surface area contributed by atoms with Crippen molar-refractivity contribution in [2.75, 3.05) is 0 Å². The fourth-order valence-electron chi connectivity index (χ4n) is 0.684. The molecular weight excluding hydrogens is 349 g/mol. The zero-order valence-corrected chi connectivity index (χ0v) is 18.2. The molecule has 0 unspecified atom stereocenters. The third-order valence-electron chi connectivity index (χ3n) is 1.25. The van der Waals surface area contributed by atoms with Crippen LogP contribution < -0.4 is 104 Å². The summed E-state index contributed by atoms with van der Waals surface area (Å²) in [5.41, 5.74) is -2.97. The number of aliphatic hydroxyl groups is 1. The summed E-state index contributed by atoms with van der Waals surface area (Å²) in [4.78, 5) is 30.0. The fraction of sp³-hybridized carbons (Fsp3) is 0.500. The molecule has 0 heterocycles. The number of carboxylic acid groups (broad SMARTS) is 3. The van der Waals surface area contributed by atoms with E-state index in [-0.39, 0.29) is 88.7 Å². The number of rotatable bonds is 5. The fourth-order valence-corrected chi connectivity index (χ4v) is 0.684. The first kappa shape index (κ1) is 33.8. The molecule has 15 heteroatoms. The molecule has 0 spiro atoms. The van der Waals surface area contributed by atoms with Gasteiger partial charge in [0.2, 0.25) is 0 Å². The molecule has 3 N–H and O–H groups in total. The molecule has 0 fully saturated rings. The van der Waals surface area contributed by atoms with Crippen molar-refractivity contribution in [2.45, 2.75) is 18.4 Å². The van der Waals surface area contributed by atoms with Crippen molar-refractivity contribution < 1.29 is 141 Å². The SMILES string of the molecule is O=C([O-])CC(O)(CC(=O)[O-])C(=O)[O-].O=S(=O)(O)O.[Na+].[Na+].[Na+]. The van der Waals surface area contributed by atoms with Gasteiger partial charge in [-0.3, -0.25) is 9.11 Å². The van der Waals surface area contributed by atoms with Crippen LogP contribution in [0.3, 0.4) is 0 Å². The first-order valence-corrected chi connectivity index (χ1v) is 5.21. The number of hydrogen-bond donors (Lipinski definition) is 3. The van der Waals surface area contributed by atoms with Crippen LogP contribution >= 0.6 is 0 Å². The summed E-state index contributed by atoms with van der Waals surface area (Å²) in [6.45, 7) is 0. The van der Waals surface area contributed by atoms with Gasteiger partial charge in [-0.1, -0.05) is 0 Å². The molecule has 0 saturated carbocycles. The summed E-state index contributed by atoms with van der Waals surface area (Å²) in [7, 11) is -4.67. The maximum Gasteiger partial charge on any atom is 1.00 e. The Kier molecular flexibility index (Phi) is 23.8. The van der Waals surface area contributed by atoms with Crippen molar-refractivity contribution in [3.63, 3.8) is 0 Å². The molecule has 0 atom stereocenters. The van der Waals surface area contributed by atoms with Gasteiger partial charge in [0, 0.05) is 24.8 Å². The first-order valence-electron chi connectivity index (χ1n) is 3.81. The van der Waals surface area contributed by atoms with Gasteiger partial charge in [0.15, 0.2) is 0 Å². The van der Waals surface area contributed by atoms with Gasteiger partial charge in [-0.05, 0) is 0 Å². The van der Waals surface area contributed by atoms with Crippen LogP contribution in [-0.2, 0) is 24.8 Å². The second-order valence-electron chi connectivity index (χ2n) is 2.86. The Morgan fingerprint density at radius 1 is 0.857 bits per heavy atom. The molecule has 21 heavy (non-hydrogen) atoms. The van der Waals surface area contributed by atoms with E-state index < -0.39 is 46.7 Å². The normalized spacial score (nSPS) is 9.48. The Balaban J connectivity index is -0.0000000933. The summed E-state index contributed by atoms with van der Waals surface area (Å²) < 4.78 is 31.6. The molecule has 106 valence electrons. The topological polar surface area (TPSA) is 215 Å². The van der Waals surface area contributed by atoms with Crippen molar-refractivity contribution in [3.8, 4) is 0 Å². The van der Waals surface area contributed by atoms with Crippen LogP contribution in [0.5, 0.6) is 0 Å². The predicted octanol–water partition coefficient (Wildman–Crippen LogP) is -14.9. The standard InChI is InChI=1S/C6H8O7.3Na.H2O4S/c7-3(8)1-6(13,5(11)12)2-4(9)10;;;;1-5(2,3)4/h13H,1-2H2,(H,7,8)(H,9,10)(H,11,12);;;;(H2,1,2,3,4)/q;3*+1;/p-3. The Morgan fingerprint density at radius 3 is 1.14 bits per heavy atom. The number of carbonyl (C=O) groups excluding carboxylic acids is 3. The average molecular weight is 356 g/mol. The third kappa shape index (κ3) is 26.5. The smallest absolute Gasteiger partial charge is 0.550 e. The monoisotopic (exact) mass is 356 g/mol. The minimum absolute atomic E-state index is 0. The van der Waals surface area contributed by atoms with E-state index in [1.165, 1.54) is 0 Å². The largest absolute Gasteiger partial charge is 1.00 e. The second kappa shape index (κ2) is 14.8. The Morgan fingerprint density at radius 2 is 1.05 bits per heavy atom. The second-order valence-corrected chi connectivity index (χ2v) is 3.76. The summed E-state index contributed by atoms with van der Waals surface area (Å²) in [5, 5.41) is 38.9. The molecule has 0 aliphatic heterocycles. The van der Waals surface area contributed by atoms with Crippen LogP contribution in [0.4, 0.5) is 0 Å². The van der Waals surface area contributed by atoms with Crippen LogP contribution in [0.1, 0.15) is 12.8 Å². The first-order chi connectivity index (χ1) is 7.78. The van der Waals surface area contributed by atoms with Gasteiger partial charge in [-0.2, -0.15) is 8.42 Å². The Labute approximate surface area is 185 Å². The molecule has 0 aliphatic carbocycles. The van der Waals surface area contributed by atoms with E-state index in [1.54, 1.807) is 0 Å². The van der Waals surface area contributed by atoms with E-state index in [0.717, 1.165) is 0 Å². The van der Waals surface area contributed by atoms with Gasteiger partial charge in [0.05, 0.1) is 5.97 Å². The Bertz CT molecular complexity index is 409. The molecule has 0 aromatic carbocycles. The van der Waals surface area contributed by atoms with E-state index >= 15 is 0 Å². The zero-order valence-electron chi connectivity index (χ0n) is 11.4. The van der Waals surface area contributed by atoms with E-state index in [2.05, 4.69) is 0 Å². The molecule has 0 saturated heterocycles. The van der Waals surface area contributed by atoms with Crippen molar-refractivity contribution in [2.24, 2.45) is 0 Å². The molecule has 0 bridgehead atoms. The van der Waals surface area contributed by atoms with E-state index in [1.807, 2.05) is 0 Å². The molecule has 0 aromatic heterocycles. The minimum Gasteiger partial charge on any atom is -0.550 e. The molecule has 0 aromatic rings. The van der Waals surface area contributed by atoms with E-state index in [4.69, 9.17) is 22.6 Å². The third-order valence-corrected chi connectivity index (χ3v) is 1.25. The van der Waals surface area contributed by atoms with Crippen molar-refractivity contribution in [1.82, 2.24) is 0 Å². The van der Waals surface area contributed by atoms with Crippen LogP contribution in [0.2, 0.25) is 0 Å².